The van der Waals surface area contributed by atoms with Crippen LogP contribution in [0, 0.1) is 0 Å². The van der Waals surface area contributed by atoms with Gasteiger partial charge in [0.25, 0.3) is 0 Å². The first kappa shape index (κ1) is 14.8. The zero-order chi connectivity index (χ0) is 13.8. The Morgan fingerprint density at radius 3 is 2.67 bits per heavy atom. The summed E-state index contributed by atoms with van der Waals surface area (Å²) < 4.78 is 24.1. The van der Waals surface area contributed by atoms with Gasteiger partial charge in [-0.2, -0.15) is 0 Å². The van der Waals surface area contributed by atoms with Crippen LogP contribution in [0.25, 0.3) is 0 Å². The summed E-state index contributed by atoms with van der Waals surface area (Å²) in [6.45, 7) is 0. The highest BCUT2D eigenvalue weighted by atomic mass is 35.5. The number of carbonyl (C=O) groups excluding carboxylic acids is 1. The van der Waals surface area contributed by atoms with Crippen molar-refractivity contribution < 1.29 is 13.2 Å². The van der Waals surface area contributed by atoms with Gasteiger partial charge < -0.3 is 11.1 Å². The predicted molar refractivity (Wildman–Crippen MR) is 71.2 cm³/mol. The Kier molecular flexibility index (Phi) is 4.98. The number of sulfone groups is 1. The van der Waals surface area contributed by atoms with Crippen molar-refractivity contribution in [1.82, 2.24) is 5.32 Å². The van der Waals surface area contributed by atoms with Gasteiger partial charge in [-0.15, -0.1) is 0 Å². The normalized spacial score (nSPS) is 11.2. The average molecular weight is 291 g/mol. The van der Waals surface area contributed by atoms with E-state index in [1.807, 2.05) is 0 Å². The predicted octanol–water partition coefficient (Wildman–Crippen LogP) is 1.22. The molecular weight excluding hydrogens is 276 g/mol. The van der Waals surface area contributed by atoms with Crippen LogP contribution in [0.15, 0.2) is 23.1 Å². The third kappa shape index (κ3) is 3.61. The Morgan fingerprint density at radius 2 is 2.11 bits per heavy atom. The monoisotopic (exact) mass is 290 g/mol. The highest BCUT2D eigenvalue weighted by molar-refractivity contribution is 7.91. The summed E-state index contributed by atoms with van der Waals surface area (Å²) in [5, 5.41) is 2.54. The van der Waals surface area contributed by atoms with Crippen LogP contribution in [0.3, 0.4) is 0 Å². The summed E-state index contributed by atoms with van der Waals surface area (Å²) in [7, 11) is -2.06. The number of nitrogens with two attached hydrogens (primary N) is 1. The van der Waals surface area contributed by atoms with E-state index in [1.165, 1.54) is 19.2 Å². The molecule has 0 saturated heterocycles. The van der Waals surface area contributed by atoms with Gasteiger partial charge in [-0.05, 0) is 18.6 Å². The summed E-state index contributed by atoms with van der Waals surface area (Å²) in [6.07, 6.45) is 0.382. The van der Waals surface area contributed by atoms with Gasteiger partial charge in [-0.1, -0.05) is 17.7 Å². The van der Waals surface area contributed by atoms with Crippen molar-refractivity contribution >= 4 is 33.0 Å². The van der Waals surface area contributed by atoms with Gasteiger partial charge in [-0.3, -0.25) is 4.79 Å². The molecule has 1 amide bonds. The lowest BCUT2D eigenvalue weighted by atomic mass is 10.3. The maximum atomic E-state index is 12.0. The van der Waals surface area contributed by atoms with Crippen LogP contribution in [-0.2, 0) is 14.6 Å². The van der Waals surface area contributed by atoms with Crippen LogP contribution >= 0.6 is 11.6 Å². The van der Waals surface area contributed by atoms with Crippen molar-refractivity contribution in [3.63, 3.8) is 0 Å². The Labute approximate surface area is 111 Å². The zero-order valence-corrected chi connectivity index (χ0v) is 11.5. The van der Waals surface area contributed by atoms with Crippen molar-refractivity contribution in [2.45, 2.75) is 17.7 Å². The number of rotatable bonds is 5. The third-order valence-corrected chi connectivity index (χ3v) is 4.73. The van der Waals surface area contributed by atoms with Gasteiger partial charge in [-0.25, -0.2) is 8.42 Å². The minimum atomic E-state index is -3.56. The summed E-state index contributed by atoms with van der Waals surface area (Å²) in [6, 6.07) is 4.54. The number of nitrogens with one attached hydrogen (secondary N) is 1. The molecule has 3 N–H and O–H groups in total. The van der Waals surface area contributed by atoms with Crippen LogP contribution < -0.4 is 11.1 Å². The number of benzene rings is 1. The highest BCUT2D eigenvalue weighted by Gasteiger charge is 2.21. The number of halogens is 1. The molecule has 7 heteroatoms. The molecule has 0 aliphatic carbocycles. The second kappa shape index (κ2) is 6.06. The number of hydrogen-bond donors (Lipinski definition) is 2. The SMILES string of the molecule is CNC(=O)CCCS(=O)(=O)c1c(N)cccc1Cl. The van der Waals surface area contributed by atoms with E-state index in [1.54, 1.807) is 6.07 Å². The molecule has 1 rings (SSSR count). The Hall–Kier alpha value is -1.27. The Bertz CT molecular complexity index is 523. The second-order valence-electron chi connectivity index (χ2n) is 3.75. The molecule has 0 spiro atoms. The smallest absolute Gasteiger partial charge is 0.219 e. The van der Waals surface area contributed by atoms with E-state index in [9.17, 15) is 13.2 Å². The van der Waals surface area contributed by atoms with Gasteiger partial charge in [0.05, 0.1) is 16.5 Å². The van der Waals surface area contributed by atoms with Gasteiger partial charge in [0, 0.05) is 13.5 Å². The summed E-state index contributed by atoms with van der Waals surface area (Å²) in [4.78, 5) is 11.0. The number of hydrogen-bond acceptors (Lipinski definition) is 4. The highest BCUT2D eigenvalue weighted by Crippen LogP contribution is 2.28. The standard InChI is InChI=1S/C11H15ClN2O3S/c1-14-10(15)6-3-7-18(16,17)11-8(12)4-2-5-9(11)13/h2,4-5H,3,6-7,13H2,1H3,(H,14,15). The Morgan fingerprint density at radius 1 is 1.44 bits per heavy atom. The topological polar surface area (TPSA) is 89.3 Å². The van der Waals surface area contributed by atoms with Crippen LogP contribution in [-0.4, -0.2) is 27.1 Å². The molecule has 0 aliphatic heterocycles. The molecule has 0 aromatic heterocycles. The van der Waals surface area contributed by atoms with Gasteiger partial charge in [0.2, 0.25) is 5.91 Å². The quantitative estimate of drug-likeness (QED) is 0.798. The van der Waals surface area contributed by atoms with Crippen molar-refractivity contribution in [2.75, 3.05) is 18.5 Å². The molecule has 0 saturated carbocycles. The van der Waals surface area contributed by atoms with E-state index < -0.39 is 9.84 Å². The number of carbonyl (C=O) groups is 1. The first-order valence-corrected chi connectivity index (χ1v) is 7.39. The zero-order valence-electron chi connectivity index (χ0n) is 9.94. The third-order valence-electron chi connectivity index (χ3n) is 2.40. The van der Waals surface area contributed by atoms with E-state index in [0.717, 1.165) is 0 Å². The number of nitrogen functional groups attached to an aromatic ring is 1. The summed E-state index contributed by atoms with van der Waals surface area (Å²) in [5.74, 6) is -0.355. The molecule has 0 heterocycles. The van der Waals surface area contributed by atoms with Gasteiger partial charge in [0.15, 0.2) is 9.84 Å². The van der Waals surface area contributed by atoms with Crippen molar-refractivity contribution in [2.24, 2.45) is 0 Å². The number of amides is 1. The van der Waals surface area contributed by atoms with Crippen LogP contribution in [0.5, 0.6) is 0 Å². The van der Waals surface area contributed by atoms with E-state index in [-0.39, 0.29) is 40.1 Å². The van der Waals surface area contributed by atoms with Crippen molar-refractivity contribution in [1.29, 1.82) is 0 Å². The van der Waals surface area contributed by atoms with Crippen LogP contribution in [0.1, 0.15) is 12.8 Å². The van der Waals surface area contributed by atoms with Gasteiger partial charge in [0.1, 0.15) is 4.90 Å². The minimum absolute atomic E-state index is 0.0522. The largest absolute Gasteiger partial charge is 0.398 e. The molecule has 1 aromatic rings. The number of anilines is 1. The molecule has 18 heavy (non-hydrogen) atoms. The second-order valence-corrected chi connectivity index (χ2v) is 6.21. The maximum Gasteiger partial charge on any atom is 0.219 e. The van der Waals surface area contributed by atoms with E-state index in [4.69, 9.17) is 17.3 Å². The summed E-state index contributed by atoms with van der Waals surface area (Å²) in [5.41, 5.74) is 5.75. The fourth-order valence-electron chi connectivity index (χ4n) is 1.50. The average Bonchev–Trinajstić information content (AvgIpc) is 2.27. The van der Waals surface area contributed by atoms with E-state index >= 15 is 0 Å². The molecule has 0 unspecified atom stereocenters. The molecule has 0 fully saturated rings. The molecule has 0 aliphatic rings. The Balaban J connectivity index is 2.84. The fourth-order valence-corrected chi connectivity index (χ4v) is 3.56. The molecule has 100 valence electrons. The first-order chi connectivity index (χ1) is 8.38. The first-order valence-electron chi connectivity index (χ1n) is 5.36. The minimum Gasteiger partial charge on any atom is -0.398 e. The van der Waals surface area contributed by atoms with E-state index in [2.05, 4.69) is 5.32 Å². The van der Waals surface area contributed by atoms with Crippen LogP contribution in [0.2, 0.25) is 5.02 Å². The lowest BCUT2D eigenvalue weighted by Crippen LogP contribution is -2.19. The maximum absolute atomic E-state index is 12.0. The molecular formula is C11H15ClN2O3S. The summed E-state index contributed by atoms with van der Waals surface area (Å²) >= 11 is 5.84. The van der Waals surface area contributed by atoms with Gasteiger partial charge >= 0.3 is 0 Å². The van der Waals surface area contributed by atoms with E-state index in [0.29, 0.717) is 0 Å². The van der Waals surface area contributed by atoms with Crippen LogP contribution in [0.4, 0.5) is 5.69 Å². The molecule has 5 nitrogen and oxygen atoms in total. The fraction of sp³-hybridized carbons (Fsp3) is 0.364. The molecule has 0 bridgehead atoms. The lowest BCUT2D eigenvalue weighted by Gasteiger charge is -2.09. The molecule has 0 radical (unpaired) electrons. The van der Waals surface area contributed by atoms with Crippen molar-refractivity contribution in [3.8, 4) is 0 Å². The molecule has 1 aromatic carbocycles. The lowest BCUT2D eigenvalue weighted by molar-refractivity contribution is -0.120. The van der Waals surface area contributed by atoms with Crippen molar-refractivity contribution in [3.05, 3.63) is 23.2 Å². The molecule has 0 atom stereocenters.